The average Bonchev–Trinajstić information content (AvgIpc) is 2.38. The lowest BCUT2D eigenvalue weighted by Crippen LogP contribution is -2.54. The van der Waals surface area contributed by atoms with Gasteiger partial charge in [0.1, 0.15) is 12.1 Å². The lowest BCUT2D eigenvalue weighted by atomic mass is 9.93. The molecule has 0 aliphatic heterocycles. The number of carboxylic acid groups (broad SMARTS) is 1. The van der Waals surface area contributed by atoms with Crippen LogP contribution in [0.2, 0.25) is 0 Å². The number of carbonyl (C=O) groups excluding carboxylic acids is 1. The molecule has 1 amide bonds. The fraction of sp³-hybridized carbons (Fsp3) is 0.500. The van der Waals surface area contributed by atoms with Crippen LogP contribution in [-0.2, 0) is 16.1 Å². The van der Waals surface area contributed by atoms with Crippen molar-refractivity contribution in [3.8, 4) is 0 Å². The highest BCUT2D eigenvalue weighted by Gasteiger charge is 2.36. The van der Waals surface area contributed by atoms with E-state index in [0.29, 0.717) is 0 Å². The van der Waals surface area contributed by atoms with Crippen LogP contribution in [0.15, 0.2) is 23.3 Å². The number of rotatable bonds is 6. The lowest BCUT2D eigenvalue weighted by molar-refractivity contribution is -0.148. The van der Waals surface area contributed by atoms with E-state index in [-0.39, 0.29) is 19.4 Å². The molecule has 0 aliphatic rings. The molecule has 0 atom stereocenters. The molecule has 1 heterocycles. The molecule has 1 rings (SSSR count). The molecule has 0 bridgehead atoms. The second kappa shape index (κ2) is 6.12. The molecule has 0 spiro atoms. The minimum absolute atomic E-state index is 0.248. The predicted octanol–water partition coefficient (Wildman–Crippen LogP) is 0.00290. The van der Waals surface area contributed by atoms with E-state index < -0.39 is 23.1 Å². The molecule has 7 heteroatoms. The molecule has 0 fully saturated rings. The van der Waals surface area contributed by atoms with Crippen LogP contribution in [0, 0.1) is 0 Å². The van der Waals surface area contributed by atoms with Crippen molar-refractivity contribution in [1.29, 1.82) is 0 Å². The summed E-state index contributed by atoms with van der Waals surface area (Å²) in [7, 11) is 0. The summed E-state index contributed by atoms with van der Waals surface area (Å²) in [5.41, 5.74) is -1.84. The van der Waals surface area contributed by atoms with Crippen LogP contribution < -0.4 is 11.0 Å². The first kappa shape index (κ1) is 14.9. The minimum Gasteiger partial charge on any atom is -0.480 e. The normalized spacial score (nSPS) is 11.1. The zero-order valence-electron chi connectivity index (χ0n) is 10.9. The number of carboxylic acids is 1. The summed E-state index contributed by atoms with van der Waals surface area (Å²) in [6.45, 7) is 3.13. The van der Waals surface area contributed by atoms with Gasteiger partial charge in [-0.25, -0.2) is 14.6 Å². The highest BCUT2D eigenvalue weighted by Crippen LogP contribution is 2.15. The smallest absolute Gasteiger partial charge is 0.347 e. The Morgan fingerprint density at radius 2 is 2.05 bits per heavy atom. The topological polar surface area (TPSA) is 101 Å². The molecular weight excluding hydrogens is 250 g/mol. The van der Waals surface area contributed by atoms with Crippen LogP contribution >= 0.6 is 0 Å². The highest BCUT2D eigenvalue weighted by molar-refractivity contribution is 5.86. The number of amides is 1. The number of aromatic nitrogens is 2. The molecule has 1 aromatic heterocycles. The number of nitrogens with zero attached hydrogens (tertiary/aromatic N) is 2. The Morgan fingerprint density at radius 3 is 2.53 bits per heavy atom. The van der Waals surface area contributed by atoms with Crippen molar-refractivity contribution in [1.82, 2.24) is 14.9 Å². The van der Waals surface area contributed by atoms with Gasteiger partial charge in [-0.3, -0.25) is 9.36 Å². The van der Waals surface area contributed by atoms with Crippen molar-refractivity contribution in [3.63, 3.8) is 0 Å². The Balaban J connectivity index is 2.83. The van der Waals surface area contributed by atoms with Gasteiger partial charge in [0.05, 0.1) is 0 Å². The molecule has 0 aliphatic carbocycles. The molecule has 104 valence electrons. The van der Waals surface area contributed by atoms with Crippen LogP contribution in [-0.4, -0.2) is 32.1 Å². The summed E-state index contributed by atoms with van der Waals surface area (Å²) in [5.74, 6) is -1.61. The standard InChI is InChI=1S/C12H17N3O4/c1-3-12(4-2,10(17)18)14-9(16)8-15-7-5-6-13-11(15)19/h5-7H,3-4,8H2,1-2H3,(H,14,16)(H,17,18). The van der Waals surface area contributed by atoms with E-state index in [1.807, 2.05) is 0 Å². The Morgan fingerprint density at radius 1 is 1.42 bits per heavy atom. The Hall–Kier alpha value is -2.18. The number of hydrogen-bond donors (Lipinski definition) is 2. The summed E-state index contributed by atoms with van der Waals surface area (Å²) < 4.78 is 1.12. The van der Waals surface area contributed by atoms with E-state index in [0.717, 1.165) is 4.57 Å². The van der Waals surface area contributed by atoms with Gasteiger partial charge in [0.2, 0.25) is 5.91 Å². The first-order valence-electron chi connectivity index (χ1n) is 6.01. The molecule has 0 radical (unpaired) electrons. The summed E-state index contributed by atoms with van der Waals surface area (Å²) in [6.07, 6.45) is 3.30. The Bertz CT molecular complexity index is 520. The molecule has 2 N–H and O–H groups in total. The van der Waals surface area contributed by atoms with Gasteiger partial charge < -0.3 is 10.4 Å². The van der Waals surface area contributed by atoms with Crippen molar-refractivity contribution >= 4 is 11.9 Å². The average molecular weight is 267 g/mol. The minimum atomic E-state index is -1.29. The maximum absolute atomic E-state index is 11.8. The third-order valence-electron chi connectivity index (χ3n) is 3.09. The molecule has 0 aromatic carbocycles. The van der Waals surface area contributed by atoms with E-state index in [4.69, 9.17) is 0 Å². The van der Waals surface area contributed by atoms with Crippen LogP contribution in [0.1, 0.15) is 26.7 Å². The summed E-state index contributed by atoms with van der Waals surface area (Å²) in [5, 5.41) is 11.7. The molecule has 1 aromatic rings. The van der Waals surface area contributed by atoms with Crippen LogP contribution in [0.3, 0.4) is 0 Å². The van der Waals surface area contributed by atoms with Gasteiger partial charge in [-0.1, -0.05) is 13.8 Å². The third-order valence-corrected chi connectivity index (χ3v) is 3.09. The van der Waals surface area contributed by atoms with Gasteiger partial charge in [0.15, 0.2) is 0 Å². The zero-order chi connectivity index (χ0) is 14.5. The maximum atomic E-state index is 11.8. The second-order valence-corrected chi connectivity index (χ2v) is 4.17. The van der Waals surface area contributed by atoms with Crippen molar-refractivity contribution < 1.29 is 14.7 Å². The molecule has 0 saturated carbocycles. The van der Waals surface area contributed by atoms with Gasteiger partial charge in [0.25, 0.3) is 0 Å². The first-order chi connectivity index (χ1) is 8.95. The van der Waals surface area contributed by atoms with Gasteiger partial charge in [0, 0.05) is 12.4 Å². The lowest BCUT2D eigenvalue weighted by Gasteiger charge is -2.28. The Kier molecular flexibility index (Phi) is 4.80. The summed E-state index contributed by atoms with van der Waals surface area (Å²) >= 11 is 0. The zero-order valence-corrected chi connectivity index (χ0v) is 10.9. The van der Waals surface area contributed by atoms with Crippen LogP contribution in [0.25, 0.3) is 0 Å². The van der Waals surface area contributed by atoms with E-state index in [1.165, 1.54) is 18.5 Å². The fourth-order valence-corrected chi connectivity index (χ4v) is 1.75. The quantitative estimate of drug-likeness (QED) is 0.755. The summed E-state index contributed by atoms with van der Waals surface area (Å²) in [6, 6.07) is 1.53. The maximum Gasteiger partial charge on any atom is 0.347 e. The van der Waals surface area contributed by atoms with E-state index in [9.17, 15) is 19.5 Å². The Labute approximate surface area is 110 Å². The van der Waals surface area contributed by atoms with Crippen LogP contribution in [0.5, 0.6) is 0 Å². The first-order valence-corrected chi connectivity index (χ1v) is 6.01. The molecule has 0 saturated heterocycles. The van der Waals surface area contributed by atoms with Crippen molar-refractivity contribution in [3.05, 3.63) is 28.9 Å². The van der Waals surface area contributed by atoms with E-state index in [1.54, 1.807) is 13.8 Å². The van der Waals surface area contributed by atoms with E-state index >= 15 is 0 Å². The van der Waals surface area contributed by atoms with Crippen molar-refractivity contribution in [2.45, 2.75) is 38.8 Å². The number of carbonyl (C=O) groups is 2. The van der Waals surface area contributed by atoms with Gasteiger partial charge >= 0.3 is 11.7 Å². The van der Waals surface area contributed by atoms with Crippen LogP contribution in [0.4, 0.5) is 0 Å². The molecule has 19 heavy (non-hydrogen) atoms. The van der Waals surface area contributed by atoms with Crippen molar-refractivity contribution in [2.24, 2.45) is 0 Å². The second-order valence-electron chi connectivity index (χ2n) is 4.17. The molecule has 0 unspecified atom stereocenters. The summed E-state index contributed by atoms with van der Waals surface area (Å²) in [4.78, 5) is 37.9. The van der Waals surface area contributed by atoms with Gasteiger partial charge in [-0.15, -0.1) is 0 Å². The van der Waals surface area contributed by atoms with Crippen molar-refractivity contribution in [2.75, 3.05) is 0 Å². The van der Waals surface area contributed by atoms with Gasteiger partial charge in [-0.2, -0.15) is 0 Å². The highest BCUT2D eigenvalue weighted by atomic mass is 16.4. The molecule has 7 nitrogen and oxygen atoms in total. The van der Waals surface area contributed by atoms with E-state index in [2.05, 4.69) is 10.3 Å². The number of hydrogen-bond acceptors (Lipinski definition) is 4. The fourth-order valence-electron chi connectivity index (χ4n) is 1.75. The third kappa shape index (κ3) is 3.40. The SMILES string of the molecule is CCC(CC)(NC(=O)Cn1cccnc1=O)C(=O)O. The number of nitrogens with one attached hydrogen (secondary N) is 1. The molecular formula is C12H17N3O4. The number of aliphatic carboxylic acids is 1. The monoisotopic (exact) mass is 267 g/mol. The predicted molar refractivity (Wildman–Crippen MR) is 67.6 cm³/mol. The largest absolute Gasteiger partial charge is 0.480 e. The van der Waals surface area contributed by atoms with Gasteiger partial charge in [-0.05, 0) is 18.9 Å².